The number of rotatable bonds is 0. The molecule has 0 N–H and O–H groups in total. The lowest BCUT2D eigenvalue weighted by atomic mass is 10.1. The number of fused-ring (bicyclic) bond motifs is 1. The second kappa shape index (κ2) is 5.84. The highest BCUT2D eigenvalue weighted by molar-refractivity contribution is 9.10. The molecule has 18 heavy (non-hydrogen) atoms. The molecule has 0 spiro atoms. The van der Waals surface area contributed by atoms with Gasteiger partial charge >= 0.3 is 6.18 Å². The maximum Gasteiger partial charge on any atom is 0.416 e. The van der Waals surface area contributed by atoms with Crippen molar-refractivity contribution >= 4 is 38.4 Å². The number of benzene rings is 1. The minimum absolute atomic E-state index is 0.00652. The quantitative estimate of drug-likeness (QED) is 0.624. The van der Waals surface area contributed by atoms with Gasteiger partial charge in [0, 0.05) is 16.1 Å². The van der Waals surface area contributed by atoms with Crippen molar-refractivity contribution < 1.29 is 13.2 Å². The molecule has 0 aliphatic carbocycles. The summed E-state index contributed by atoms with van der Waals surface area (Å²) in [6.45, 7) is 4.00. The van der Waals surface area contributed by atoms with Gasteiger partial charge in [0.2, 0.25) is 5.28 Å². The van der Waals surface area contributed by atoms with Gasteiger partial charge in [0.25, 0.3) is 0 Å². The van der Waals surface area contributed by atoms with Crippen LogP contribution in [0.25, 0.3) is 10.9 Å². The first-order valence-electron chi connectivity index (χ1n) is 5.07. The summed E-state index contributed by atoms with van der Waals surface area (Å²) in [5.74, 6) is 0. The molecule has 0 fully saturated rings. The Morgan fingerprint density at radius 1 is 1.22 bits per heavy atom. The summed E-state index contributed by atoms with van der Waals surface area (Å²) in [4.78, 5) is 7.48. The van der Waals surface area contributed by atoms with Gasteiger partial charge in [-0.1, -0.05) is 13.8 Å². The van der Waals surface area contributed by atoms with Crippen molar-refractivity contribution in [2.75, 3.05) is 0 Å². The van der Waals surface area contributed by atoms with Crippen molar-refractivity contribution in [1.29, 1.82) is 0 Å². The Kier molecular flexibility index (Phi) is 4.92. The molecule has 7 heteroatoms. The monoisotopic (exact) mass is 340 g/mol. The first-order valence-corrected chi connectivity index (χ1v) is 6.24. The normalized spacial score (nSPS) is 11.1. The van der Waals surface area contributed by atoms with Crippen molar-refractivity contribution in [3.8, 4) is 0 Å². The van der Waals surface area contributed by atoms with Crippen LogP contribution in [0.1, 0.15) is 19.4 Å². The van der Waals surface area contributed by atoms with Gasteiger partial charge in [-0.15, -0.1) is 0 Å². The highest BCUT2D eigenvalue weighted by Gasteiger charge is 2.31. The van der Waals surface area contributed by atoms with Crippen LogP contribution in [0.15, 0.2) is 22.8 Å². The molecule has 2 rings (SSSR count). The van der Waals surface area contributed by atoms with E-state index in [0.717, 1.165) is 12.1 Å². The SMILES string of the molecule is CC.FC(F)(F)c1cc(Br)c2nc(Cl)ncc2c1. The van der Waals surface area contributed by atoms with Crippen LogP contribution in [0.3, 0.4) is 0 Å². The molecule has 1 aromatic carbocycles. The molecule has 0 amide bonds. The second-order valence-electron chi connectivity index (χ2n) is 3.03. The maximum atomic E-state index is 12.5. The highest BCUT2D eigenvalue weighted by atomic mass is 79.9. The number of aromatic nitrogens is 2. The van der Waals surface area contributed by atoms with Crippen LogP contribution in [0, 0.1) is 0 Å². The van der Waals surface area contributed by atoms with Crippen LogP contribution in [-0.2, 0) is 6.18 Å². The minimum Gasteiger partial charge on any atom is -0.226 e. The second-order valence-corrected chi connectivity index (χ2v) is 4.23. The first-order chi connectivity index (χ1) is 8.38. The largest absolute Gasteiger partial charge is 0.416 e. The fraction of sp³-hybridized carbons (Fsp3) is 0.273. The first kappa shape index (κ1) is 15.2. The van der Waals surface area contributed by atoms with Gasteiger partial charge in [-0.2, -0.15) is 13.2 Å². The van der Waals surface area contributed by atoms with Crippen molar-refractivity contribution in [2.45, 2.75) is 20.0 Å². The molecule has 0 radical (unpaired) electrons. The Morgan fingerprint density at radius 3 is 2.39 bits per heavy atom. The predicted molar refractivity (Wildman–Crippen MR) is 68.6 cm³/mol. The lowest BCUT2D eigenvalue weighted by Crippen LogP contribution is -2.05. The van der Waals surface area contributed by atoms with E-state index < -0.39 is 11.7 Å². The van der Waals surface area contributed by atoms with Crippen molar-refractivity contribution in [1.82, 2.24) is 9.97 Å². The van der Waals surface area contributed by atoms with Crippen LogP contribution in [0.4, 0.5) is 13.2 Å². The van der Waals surface area contributed by atoms with Crippen molar-refractivity contribution in [3.05, 3.63) is 33.6 Å². The molecule has 0 aliphatic heterocycles. The van der Waals surface area contributed by atoms with Gasteiger partial charge in [-0.05, 0) is 39.7 Å². The summed E-state index contributed by atoms with van der Waals surface area (Å²) in [6, 6.07) is 1.95. The van der Waals surface area contributed by atoms with Gasteiger partial charge in [-0.3, -0.25) is 0 Å². The van der Waals surface area contributed by atoms with E-state index >= 15 is 0 Å². The Balaban J connectivity index is 0.000000771. The summed E-state index contributed by atoms with van der Waals surface area (Å²) >= 11 is 8.58. The van der Waals surface area contributed by atoms with Crippen molar-refractivity contribution in [2.24, 2.45) is 0 Å². The number of halogens is 5. The highest BCUT2D eigenvalue weighted by Crippen LogP contribution is 2.34. The third-order valence-electron chi connectivity index (χ3n) is 1.93. The smallest absolute Gasteiger partial charge is 0.226 e. The zero-order valence-corrected chi connectivity index (χ0v) is 11.9. The molecular weight excluding hydrogens is 332 g/mol. The molecule has 0 saturated carbocycles. The summed E-state index contributed by atoms with van der Waals surface area (Å²) in [5, 5.41) is 0.277. The van der Waals surface area contributed by atoms with E-state index in [1.807, 2.05) is 13.8 Å². The van der Waals surface area contributed by atoms with E-state index in [9.17, 15) is 13.2 Å². The third-order valence-corrected chi connectivity index (χ3v) is 2.72. The van der Waals surface area contributed by atoms with E-state index in [0.29, 0.717) is 5.52 Å². The van der Waals surface area contributed by atoms with Crippen LogP contribution in [-0.4, -0.2) is 9.97 Å². The molecule has 0 bridgehead atoms. The summed E-state index contributed by atoms with van der Waals surface area (Å²) in [6.07, 6.45) is -3.14. The van der Waals surface area contributed by atoms with Gasteiger partial charge in [-0.25, -0.2) is 9.97 Å². The summed E-state index contributed by atoms with van der Waals surface area (Å²) in [5.41, 5.74) is -0.397. The van der Waals surface area contributed by atoms with Gasteiger partial charge < -0.3 is 0 Å². The number of alkyl halides is 3. The lowest BCUT2D eigenvalue weighted by molar-refractivity contribution is -0.137. The zero-order valence-electron chi connectivity index (χ0n) is 9.52. The van der Waals surface area contributed by atoms with Crippen LogP contribution < -0.4 is 0 Å². The van der Waals surface area contributed by atoms with Gasteiger partial charge in [0.05, 0.1) is 11.1 Å². The number of nitrogens with zero attached hydrogens (tertiary/aromatic N) is 2. The summed E-state index contributed by atoms with van der Waals surface area (Å²) < 4.78 is 37.7. The van der Waals surface area contributed by atoms with Crippen LogP contribution >= 0.6 is 27.5 Å². The third kappa shape index (κ3) is 3.32. The molecular formula is C11H9BrClF3N2. The van der Waals surface area contributed by atoms with Gasteiger partial charge in [0.1, 0.15) is 0 Å². The minimum atomic E-state index is -4.39. The lowest BCUT2D eigenvalue weighted by Gasteiger charge is -2.08. The molecule has 1 heterocycles. The van der Waals surface area contributed by atoms with E-state index in [1.54, 1.807) is 0 Å². The van der Waals surface area contributed by atoms with E-state index in [-0.39, 0.29) is 15.1 Å². The van der Waals surface area contributed by atoms with E-state index in [1.165, 1.54) is 6.20 Å². The molecule has 0 atom stereocenters. The van der Waals surface area contributed by atoms with E-state index in [2.05, 4.69) is 25.9 Å². The fourth-order valence-corrected chi connectivity index (χ4v) is 1.94. The van der Waals surface area contributed by atoms with Crippen LogP contribution in [0.2, 0.25) is 5.28 Å². The molecule has 0 aliphatic rings. The van der Waals surface area contributed by atoms with Gasteiger partial charge in [0.15, 0.2) is 0 Å². The molecule has 2 nitrogen and oxygen atoms in total. The van der Waals surface area contributed by atoms with E-state index in [4.69, 9.17) is 11.6 Å². The Labute approximate surface area is 115 Å². The van der Waals surface area contributed by atoms with Crippen LogP contribution in [0.5, 0.6) is 0 Å². The predicted octanol–water partition coefficient (Wildman–Crippen LogP) is 5.09. The number of hydrogen-bond acceptors (Lipinski definition) is 2. The summed E-state index contributed by atoms with van der Waals surface area (Å²) in [7, 11) is 0. The maximum absolute atomic E-state index is 12.5. The molecule has 0 unspecified atom stereocenters. The molecule has 0 saturated heterocycles. The topological polar surface area (TPSA) is 25.8 Å². The Morgan fingerprint density at radius 2 is 1.83 bits per heavy atom. The average Bonchev–Trinajstić information content (AvgIpc) is 2.31. The average molecular weight is 342 g/mol. The van der Waals surface area contributed by atoms with Crippen molar-refractivity contribution in [3.63, 3.8) is 0 Å². The molecule has 2 aromatic rings. The Hall–Kier alpha value is -0.880. The number of hydrogen-bond donors (Lipinski definition) is 0. The standard InChI is InChI=1S/C9H3BrClF3N2.C2H6/c10-6-2-5(9(12,13)14)1-4-3-15-8(11)16-7(4)6;1-2/h1-3H;1-2H3. The molecule has 1 aromatic heterocycles. The Bertz CT molecular complexity index is 558. The fourth-order valence-electron chi connectivity index (χ4n) is 1.24. The zero-order chi connectivity index (χ0) is 13.9. The molecule has 98 valence electrons.